The van der Waals surface area contributed by atoms with Crippen LogP contribution in [0.4, 0.5) is 0 Å². The van der Waals surface area contributed by atoms with Crippen LogP contribution in [0.5, 0.6) is 0 Å². The van der Waals surface area contributed by atoms with Gasteiger partial charge in [-0.25, -0.2) is 0 Å². The van der Waals surface area contributed by atoms with E-state index in [0.717, 1.165) is 24.6 Å². The van der Waals surface area contributed by atoms with Crippen molar-refractivity contribution in [2.24, 2.45) is 0 Å². The summed E-state index contributed by atoms with van der Waals surface area (Å²) in [4.78, 5) is 17.2. The number of aliphatic hydroxyl groups is 1. The third-order valence-electron chi connectivity index (χ3n) is 4.92. The molecule has 1 amide bonds. The van der Waals surface area contributed by atoms with Gasteiger partial charge < -0.3 is 10.0 Å². The van der Waals surface area contributed by atoms with Crippen LogP contribution in [0.25, 0.3) is 0 Å². The number of hydrogen-bond donors (Lipinski definition) is 1. The molecule has 0 radical (unpaired) electrons. The van der Waals surface area contributed by atoms with Crippen LogP contribution >= 0.6 is 11.8 Å². The summed E-state index contributed by atoms with van der Waals surface area (Å²) in [7, 11) is 0. The largest absolute Gasteiger partial charge is 0.380 e. The maximum absolute atomic E-state index is 12.7. The molecular weight excluding hydrogens is 260 g/mol. The van der Waals surface area contributed by atoms with Crippen molar-refractivity contribution in [3.8, 4) is 0 Å². The first-order chi connectivity index (χ1) is 9.10. The van der Waals surface area contributed by atoms with E-state index < -0.39 is 5.60 Å². The second kappa shape index (κ2) is 5.26. The number of carbonyl (C=O) groups excluding carboxylic acids is 1. The molecule has 5 heteroatoms. The molecule has 108 valence electrons. The lowest BCUT2D eigenvalue weighted by Crippen LogP contribution is -2.62. The lowest BCUT2D eigenvalue weighted by atomic mass is 9.93. The third-order valence-corrected chi connectivity index (χ3v) is 5.90. The molecule has 3 fully saturated rings. The molecule has 3 aliphatic heterocycles. The summed E-state index contributed by atoms with van der Waals surface area (Å²) in [5, 5.41) is 10.6. The van der Waals surface area contributed by atoms with Gasteiger partial charge in [0.2, 0.25) is 0 Å². The van der Waals surface area contributed by atoms with E-state index >= 15 is 0 Å². The number of fused-ring (bicyclic) bond motifs is 1. The average Bonchev–Trinajstić information content (AvgIpc) is 2.85. The molecule has 3 rings (SSSR count). The maximum Gasteiger partial charge on any atom is 0.254 e. The molecule has 3 heterocycles. The Bertz CT molecular complexity index is 357. The summed E-state index contributed by atoms with van der Waals surface area (Å²) >= 11 is 1.84. The molecule has 4 nitrogen and oxygen atoms in total. The number of nitrogens with zero attached hydrogens (tertiary/aromatic N) is 2. The van der Waals surface area contributed by atoms with Gasteiger partial charge in [-0.1, -0.05) is 0 Å². The minimum atomic E-state index is -1.08. The Morgan fingerprint density at radius 2 is 2.05 bits per heavy atom. The van der Waals surface area contributed by atoms with E-state index in [1.165, 1.54) is 19.4 Å². The second-order valence-electron chi connectivity index (χ2n) is 6.24. The SMILES string of the molecule is CC1CN2CCCC2CN1C(=O)C1(O)CCSCC1. The van der Waals surface area contributed by atoms with Crippen molar-refractivity contribution >= 4 is 17.7 Å². The quantitative estimate of drug-likeness (QED) is 0.778. The van der Waals surface area contributed by atoms with Crippen LogP contribution in [0.15, 0.2) is 0 Å². The molecule has 0 bridgehead atoms. The van der Waals surface area contributed by atoms with Gasteiger partial charge in [0.25, 0.3) is 5.91 Å². The smallest absolute Gasteiger partial charge is 0.254 e. The number of carbonyl (C=O) groups is 1. The van der Waals surface area contributed by atoms with Crippen molar-refractivity contribution in [2.45, 2.75) is 50.3 Å². The van der Waals surface area contributed by atoms with Crippen LogP contribution in [0.2, 0.25) is 0 Å². The molecule has 0 aromatic rings. The van der Waals surface area contributed by atoms with Crippen molar-refractivity contribution in [3.05, 3.63) is 0 Å². The Hall–Kier alpha value is -0.260. The Balaban J connectivity index is 1.71. The summed E-state index contributed by atoms with van der Waals surface area (Å²) in [5.41, 5.74) is -1.08. The summed E-state index contributed by atoms with van der Waals surface area (Å²) in [5.74, 6) is 1.80. The molecule has 0 aliphatic carbocycles. The molecular formula is C14H24N2O2S. The van der Waals surface area contributed by atoms with Crippen LogP contribution in [-0.4, -0.2) is 69.6 Å². The number of rotatable bonds is 1. The van der Waals surface area contributed by atoms with E-state index in [-0.39, 0.29) is 11.9 Å². The lowest BCUT2D eigenvalue weighted by Gasteiger charge is -2.45. The molecule has 0 aromatic heterocycles. The van der Waals surface area contributed by atoms with Gasteiger partial charge >= 0.3 is 0 Å². The Labute approximate surface area is 119 Å². The van der Waals surface area contributed by atoms with E-state index in [1.54, 1.807) is 0 Å². The fourth-order valence-corrected chi connectivity index (χ4v) is 4.83. The van der Waals surface area contributed by atoms with E-state index in [9.17, 15) is 9.90 Å². The minimum Gasteiger partial charge on any atom is -0.380 e. The molecule has 19 heavy (non-hydrogen) atoms. The molecule has 3 aliphatic rings. The topological polar surface area (TPSA) is 43.8 Å². The van der Waals surface area contributed by atoms with Gasteiger partial charge in [-0.2, -0.15) is 11.8 Å². The van der Waals surface area contributed by atoms with Gasteiger partial charge in [0, 0.05) is 25.2 Å². The Morgan fingerprint density at radius 1 is 1.32 bits per heavy atom. The van der Waals surface area contributed by atoms with Crippen LogP contribution < -0.4 is 0 Å². The predicted octanol–water partition coefficient (Wildman–Crippen LogP) is 0.940. The zero-order valence-corrected chi connectivity index (χ0v) is 12.5. The molecule has 1 N–H and O–H groups in total. The first-order valence-electron chi connectivity index (χ1n) is 7.45. The van der Waals surface area contributed by atoms with E-state index in [4.69, 9.17) is 0 Å². The normalized spacial score (nSPS) is 35.2. The lowest BCUT2D eigenvalue weighted by molar-refractivity contribution is -0.157. The van der Waals surface area contributed by atoms with E-state index in [1.807, 2.05) is 16.7 Å². The van der Waals surface area contributed by atoms with Crippen LogP contribution in [0.3, 0.4) is 0 Å². The van der Waals surface area contributed by atoms with Crippen molar-refractivity contribution in [1.82, 2.24) is 9.80 Å². The summed E-state index contributed by atoms with van der Waals surface area (Å²) in [6.45, 7) is 5.09. The summed E-state index contributed by atoms with van der Waals surface area (Å²) in [6.07, 6.45) is 3.69. The molecule has 2 atom stereocenters. The van der Waals surface area contributed by atoms with Gasteiger partial charge in [0.05, 0.1) is 0 Å². The molecule has 2 unspecified atom stereocenters. The summed E-state index contributed by atoms with van der Waals surface area (Å²) in [6, 6.07) is 0.766. The third kappa shape index (κ3) is 2.52. The van der Waals surface area contributed by atoms with Crippen molar-refractivity contribution in [2.75, 3.05) is 31.1 Å². The van der Waals surface area contributed by atoms with E-state index in [0.29, 0.717) is 18.9 Å². The zero-order chi connectivity index (χ0) is 13.5. The van der Waals surface area contributed by atoms with Crippen LogP contribution in [-0.2, 0) is 4.79 Å². The monoisotopic (exact) mass is 284 g/mol. The van der Waals surface area contributed by atoms with Crippen molar-refractivity contribution < 1.29 is 9.90 Å². The van der Waals surface area contributed by atoms with Crippen molar-refractivity contribution in [1.29, 1.82) is 0 Å². The average molecular weight is 284 g/mol. The molecule has 0 aromatic carbocycles. The fourth-order valence-electron chi connectivity index (χ4n) is 3.66. The highest BCUT2D eigenvalue weighted by Gasteiger charge is 2.45. The standard InChI is InChI=1S/C14H24N2O2S/c1-11-9-15-6-2-3-12(15)10-16(11)13(17)14(18)4-7-19-8-5-14/h11-12,18H,2-10H2,1H3. The summed E-state index contributed by atoms with van der Waals surface area (Å²) < 4.78 is 0. The first kappa shape index (κ1) is 13.7. The van der Waals surface area contributed by atoms with E-state index in [2.05, 4.69) is 11.8 Å². The minimum absolute atomic E-state index is 0.00755. The number of thioether (sulfide) groups is 1. The Kier molecular flexibility index (Phi) is 3.80. The van der Waals surface area contributed by atoms with Gasteiger partial charge in [-0.05, 0) is 50.7 Å². The zero-order valence-electron chi connectivity index (χ0n) is 11.7. The fraction of sp³-hybridized carbons (Fsp3) is 0.929. The first-order valence-corrected chi connectivity index (χ1v) is 8.61. The number of piperazine rings is 1. The number of amides is 1. The van der Waals surface area contributed by atoms with Crippen molar-refractivity contribution in [3.63, 3.8) is 0 Å². The highest BCUT2D eigenvalue weighted by Crippen LogP contribution is 2.32. The van der Waals surface area contributed by atoms with Crippen LogP contribution in [0, 0.1) is 0 Å². The van der Waals surface area contributed by atoms with Gasteiger partial charge in [-0.15, -0.1) is 0 Å². The highest BCUT2D eigenvalue weighted by atomic mass is 32.2. The second-order valence-corrected chi connectivity index (χ2v) is 7.47. The van der Waals surface area contributed by atoms with Gasteiger partial charge in [0.15, 0.2) is 0 Å². The molecule has 0 saturated carbocycles. The maximum atomic E-state index is 12.7. The molecule has 0 spiro atoms. The number of hydrogen-bond acceptors (Lipinski definition) is 4. The van der Waals surface area contributed by atoms with Gasteiger partial charge in [0.1, 0.15) is 5.60 Å². The highest BCUT2D eigenvalue weighted by molar-refractivity contribution is 7.99. The van der Waals surface area contributed by atoms with Crippen LogP contribution in [0.1, 0.15) is 32.6 Å². The predicted molar refractivity (Wildman–Crippen MR) is 77.3 cm³/mol. The Morgan fingerprint density at radius 3 is 2.79 bits per heavy atom. The molecule has 3 saturated heterocycles. The van der Waals surface area contributed by atoms with Gasteiger partial charge in [-0.3, -0.25) is 9.69 Å².